The Morgan fingerprint density at radius 3 is 2.67 bits per heavy atom. The van der Waals surface area contributed by atoms with Gasteiger partial charge in [0.25, 0.3) is 5.91 Å². The van der Waals surface area contributed by atoms with Crippen molar-refractivity contribution in [3.05, 3.63) is 106 Å². The molecule has 3 aliphatic rings. The van der Waals surface area contributed by atoms with Crippen LogP contribution >= 0.6 is 0 Å². The Morgan fingerprint density at radius 1 is 1.03 bits per heavy atom. The molecule has 3 heteroatoms. The number of carbonyl (C=O) groups excluding carboxylic acids is 1. The second-order valence-corrected chi connectivity index (χ2v) is 12.6. The molecular weight excluding hydrogens is 476 g/mol. The zero-order valence-corrected chi connectivity index (χ0v) is 23.9. The first kappa shape index (κ1) is 26.1. The second kappa shape index (κ2) is 10.4. The SMILES string of the molecule is Cc1cc(C(=O)Nc2cccc(C(C)C)c2)ccc1C1CCC(N2CCC3(C=Cc4ccccc43)C(C)C2)C1. The molecule has 2 aliphatic carbocycles. The number of carbonyl (C=O) groups is 1. The van der Waals surface area contributed by atoms with Crippen LogP contribution in [0.25, 0.3) is 6.08 Å². The van der Waals surface area contributed by atoms with Crippen LogP contribution in [0.15, 0.2) is 72.8 Å². The van der Waals surface area contributed by atoms with E-state index in [4.69, 9.17) is 0 Å². The van der Waals surface area contributed by atoms with Crippen molar-refractivity contribution in [2.24, 2.45) is 5.92 Å². The van der Waals surface area contributed by atoms with Gasteiger partial charge in [-0.05, 0) is 109 Å². The fourth-order valence-corrected chi connectivity index (χ4v) is 7.58. The molecular formula is C36H42N2O. The molecule has 1 saturated heterocycles. The highest BCUT2D eigenvalue weighted by Crippen LogP contribution is 2.48. The van der Waals surface area contributed by atoms with Gasteiger partial charge < -0.3 is 10.2 Å². The number of likely N-dealkylation sites (tertiary alicyclic amines) is 1. The van der Waals surface area contributed by atoms with E-state index in [1.165, 1.54) is 66.6 Å². The molecule has 1 amide bonds. The van der Waals surface area contributed by atoms with Gasteiger partial charge in [0.15, 0.2) is 0 Å². The minimum absolute atomic E-state index is 0.0337. The molecule has 39 heavy (non-hydrogen) atoms. The van der Waals surface area contributed by atoms with Crippen molar-refractivity contribution >= 4 is 17.7 Å². The highest BCUT2D eigenvalue weighted by molar-refractivity contribution is 6.04. The Balaban J connectivity index is 1.09. The summed E-state index contributed by atoms with van der Waals surface area (Å²) in [6, 6.07) is 24.1. The Kier molecular flexibility index (Phi) is 6.97. The van der Waals surface area contributed by atoms with Gasteiger partial charge >= 0.3 is 0 Å². The molecule has 2 fully saturated rings. The molecule has 0 bridgehead atoms. The van der Waals surface area contributed by atoms with Crippen LogP contribution in [-0.4, -0.2) is 29.9 Å². The predicted molar refractivity (Wildman–Crippen MR) is 163 cm³/mol. The Labute approximate surface area is 234 Å². The van der Waals surface area contributed by atoms with Gasteiger partial charge in [-0.2, -0.15) is 0 Å². The van der Waals surface area contributed by atoms with E-state index in [2.05, 4.69) is 98.6 Å². The topological polar surface area (TPSA) is 32.3 Å². The number of nitrogens with one attached hydrogen (secondary N) is 1. The Hall–Kier alpha value is -3.17. The molecule has 6 rings (SSSR count). The maximum Gasteiger partial charge on any atom is 0.255 e. The zero-order valence-electron chi connectivity index (χ0n) is 23.9. The average Bonchev–Trinajstić information content (AvgIpc) is 3.57. The number of anilines is 1. The monoisotopic (exact) mass is 518 g/mol. The number of aryl methyl sites for hydroxylation is 1. The molecule has 3 aromatic carbocycles. The molecule has 0 aromatic heterocycles. The third kappa shape index (κ3) is 4.87. The van der Waals surface area contributed by atoms with Crippen LogP contribution in [0.4, 0.5) is 5.69 Å². The van der Waals surface area contributed by atoms with Gasteiger partial charge in [0.1, 0.15) is 0 Å². The molecule has 3 nitrogen and oxygen atoms in total. The summed E-state index contributed by atoms with van der Waals surface area (Å²) in [7, 11) is 0. The van der Waals surface area contributed by atoms with Crippen LogP contribution in [0.5, 0.6) is 0 Å². The number of hydrogen-bond donors (Lipinski definition) is 1. The fraction of sp³-hybridized carbons (Fsp3) is 0.417. The average molecular weight is 519 g/mol. The minimum Gasteiger partial charge on any atom is -0.322 e. The third-order valence-electron chi connectivity index (χ3n) is 9.93. The Morgan fingerprint density at radius 2 is 1.87 bits per heavy atom. The molecule has 1 spiro atoms. The van der Waals surface area contributed by atoms with E-state index < -0.39 is 0 Å². The minimum atomic E-state index is -0.0337. The van der Waals surface area contributed by atoms with Gasteiger partial charge in [-0.25, -0.2) is 0 Å². The molecule has 4 atom stereocenters. The Bertz CT molecular complexity index is 1400. The summed E-state index contributed by atoms with van der Waals surface area (Å²) in [5.74, 6) is 1.59. The van der Waals surface area contributed by atoms with Gasteiger partial charge in [-0.1, -0.05) is 75.4 Å². The van der Waals surface area contributed by atoms with Crippen molar-refractivity contribution in [1.82, 2.24) is 4.90 Å². The van der Waals surface area contributed by atoms with Crippen LogP contribution in [0.3, 0.4) is 0 Å². The standard InChI is InChI=1S/C36H42N2O/c1-24(2)28-9-7-10-31(21-28)37-35(39)30-13-15-33(25(3)20-30)29-12-14-32(22-29)38-19-18-36(26(4)23-38)17-16-27-8-5-6-11-34(27)36/h5-11,13,15-17,20-21,24,26,29,32H,12,14,18-19,22-23H2,1-4H3,(H,37,39). The fourth-order valence-electron chi connectivity index (χ4n) is 7.58. The van der Waals surface area contributed by atoms with E-state index >= 15 is 0 Å². The van der Waals surface area contributed by atoms with Gasteiger partial charge in [-0.15, -0.1) is 0 Å². The predicted octanol–water partition coefficient (Wildman–Crippen LogP) is 8.31. The first-order valence-electron chi connectivity index (χ1n) is 14.9. The number of piperidine rings is 1. The normalized spacial score (nSPS) is 26.3. The number of allylic oxidation sites excluding steroid dienone is 1. The van der Waals surface area contributed by atoms with Crippen LogP contribution in [0, 0.1) is 12.8 Å². The van der Waals surface area contributed by atoms with Crippen molar-refractivity contribution in [3.63, 3.8) is 0 Å². The van der Waals surface area contributed by atoms with E-state index in [0.717, 1.165) is 11.3 Å². The van der Waals surface area contributed by atoms with Gasteiger partial charge in [0, 0.05) is 29.3 Å². The van der Waals surface area contributed by atoms with Crippen molar-refractivity contribution in [2.45, 2.75) is 76.7 Å². The lowest BCUT2D eigenvalue weighted by atomic mass is 9.68. The van der Waals surface area contributed by atoms with Gasteiger partial charge in [-0.3, -0.25) is 4.79 Å². The summed E-state index contributed by atoms with van der Waals surface area (Å²) in [4.78, 5) is 15.8. The van der Waals surface area contributed by atoms with Crippen molar-refractivity contribution < 1.29 is 4.79 Å². The highest BCUT2D eigenvalue weighted by atomic mass is 16.1. The van der Waals surface area contributed by atoms with E-state index in [1.54, 1.807) is 0 Å². The van der Waals surface area contributed by atoms with Gasteiger partial charge in [0.2, 0.25) is 0 Å². The molecule has 1 heterocycles. The number of nitrogens with zero attached hydrogens (tertiary/aromatic N) is 1. The third-order valence-corrected chi connectivity index (χ3v) is 9.93. The molecule has 1 saturated carbocycles. The zero-order chi connectivity index (χ0) is 27.1. The quantitative estimate of drug-likeness (QED) is 0.368. The molecule has 1 aliphatic heterocycles. The smallest absolute Gasteiger partial charge is 0.255 e. The summed E-state index contributed by atoms with van der Waals surface area (Å²) in [6.07, 6.45) is 9.79. The molecule has 0 radical (unpaired) electrons. The van der Waals surface area contributed by atoms with E-state index in [-0.39, 0.29) is 11.3 Å². The molecule has 4 unspecified atom stereocenters. The van der Waals surface area contributed by atoms with Crippen LogP contribution < -0.4 is 5.32 Å². The lowest BCUT2D eigenvalue weighted by molar-refractivity contribution is 0.0898. The molecule has 3 aromatic rings. The van der Waals surface area contributed by atoms with E-state index in [9.17, 15) is 4.79 Å². The number of benzene rings is 3. The van der Waals surface area contributed by atoms with Crippen molar-refractivity contribution in [2.75, 3.05) is 18.4 Å². The number of rotatable bonds is 5. The number of hydrogen-bond acceptors (Lipinski definition) is 2. The van der Waals surface area contributed by atoms with Crippen molar-refractivity contribution in [3.8, 4) is 0 Å². The first-order valence-corrected chi connectivity index (χ1v) is 14.9. The maximum atomic E-state index is 13.0. The summed E-state index contributed by atoms with van der Waals surface area (Å²) >= 11 is 0. The maximum absolute atomic E-state index is 13.0. The summed E-state index contributed by atoms with van der Waals surface area (Å²) in [5, 5.41) is 3.10. The number of amides is 1. The van der Waals surface area contributed by atoms with Crippen LogP contribution in [0.2, 0.25) is 0 Å². The second-order valence-electron chi connectivity index (χ2n) is 12.6. The van der Waals surface area contributed by atoms with Crippen LogP contribution in [0.1, 0.15) is 96.5 Å². The van der Waals surface area contributed by atoms with E-state index in [1.807, 2.05) is 18.2 Å². The molecule has 202 valence electrons. The summed E-state index contributed by atoms with van der Waals surface area (Å²) < 4.78 is 0. The highest BCUT2D eigenvalue weighted by Gasteiger charge is 2.45. The number of fused-ring (bicyclic) bond motifs is 2. The lowest BCUT2D eigenvalue weighted by Crippen LogP contribution is -2.50. The van der Waals surface area contributed by atoms with E-state index in [0.29, 0.717) is 23.8 Å². The molecule has 1 N–H and O–H groups in total. The summed E-state index contributed by atoms with van der Waals surface area (Å²) in [6.45, 7) is 11.3. The first-order chi connectivity index (χ1) is 18.8. The van der Waals surface area contributed by atoms with Crippen LogP contribution in [-0.2, 0) is 5.41 Å². The van der Waals surface area contributed by atoms with Crippen molar-refractivity contribution in [1.29, 1.82) is 0 Å². The van der Waals surface area contributed by atoms with Gasteiger partial charge in [0.05, 0.1) is 0 Å². The lowest BCUT2D eigenvalue weighted by Gasteiger charge is -2.46. The largest absolute Gasteiger partial charge is 0.322 e. The summed E-state index contributed by atoms with van der Waals surface area (Å²) in [5.41, 5.74) is 8.66.